The Balaban J connectivity index is 1.98. The first-order valence-electron chi connectivity index (χ1n) is 7.05. The van der Waals surface area contributed by atoms with E-state index in [-0.39, 0.29) is 17.3 Å². The van der Waals surface area contributed by atoms with E-state index in [1.54, 1.807) is 0 Å². The zero-order chi connectivity index (χ0) is 12.6. The largest absolute Gasteiger partial charge is 0.347 e. The lowest BCUT2D eigenvalue weighted by molar-refractivity contribution is -0.208. The van der Waals surface area contributed by atoms with E-state index in [9.17, 15) is 5.26 Å². The van der Waals surface area contributed by atoms with E-state index in [1.165, 1.54) is 6.42 Å². The lowest BCUT2D eigenvalue weighted by Crippen LogP contribution is -2.47. The summed E-state index contributed by atoms with van der Waals surface area (Å²) < 4.78 is 11.9. The van der Waals surface area contributed by atoms with Gasteiger partial charge in [-0.1, -0.05) is 12.5 Å². The van der Waals surface area contributed by atoms with Crippen molar-refractivity contribution in [2.75, 3.05) is 13.2 Å². The Kier molecular flexibility index (Phi) is 2.96. The van der Waals surface area contributed by atoms with E-state index in [4.69, 9.17) is 9.47 Å². The Morgan fingerprint density at radius 2 is 2.06 bits per heavy atom. The Labute approximate surface area is 109 Å². The molecule has 0 radical (unpaired) electrons. The molecule has 0 amide bonds. The highest BCUT2D eigenvalue weighted by atomic mass is 16.7. The smallest absolute Gasteiger partial charge is 0.173 e. The highest BCUT2D eigenvalue weighted by molar-refractivity contribution is 5.13. The lowest BCUT2D eigenvalue weighted by Gasteiger charge is -2.45. The number of allylic oxidation sites excluding steroid dienone is 1. The van der Waals surface area contributed by atoms with Gasteiger partial charge in [-0.05, 0) is 31.1 Å². The Morgan fingerprint density at radius 1 is 1.28 bits per heavy atom. The maximum atomic E-state index is 9.48. The van der Waals surface area contributed by atoms with Crippen LogP contribution in [0.4, 0.5) is 0 Å². The van der Waals surface area contributed by atoms with Gasteiger partial charge in [-0.3, -0.25) is 0 Å². The van der Waals surface area contributed by atoms with Crippen LogP contribution in [-0.2, 0) is 9.47 Å². The first-order valence-corrected chi connectivity index (χ1v) is 7.05. The van der Waals surface area contributed by atoms with Crippen LogP contribution in [0.1, 0.15) is 38.5 Å². The summed E-state index contributed by atoms with van der Waals surface area (Å²) in [6, 6.07) is 2.52. The number of ether oxygens (including phenoxy) is 2. The van der Waals surface area contributed by atoms with Crippen molar-refractivity contribution in [2.24, 2.45) is 17.3 Å². The second-order valence-corrected chi connectivity index (χ2v) is 5.97. The summed E-state index contributed by atoms with van der Waals surface area (Å²) in [4.78, 5) is 0. The molecule has 18 heavy (non-hydrogen) atoms. The van der Waals surface area contributed by atoms with E-state index in [1.807, 2.05) is 6.08 Å². The molecule has 1 spiro atoms. The van der Waals surface area contributed by atoms with Crippen molar-refractivity contribution in [1.29, 1.82) is 5.26 Å². The second kappa shape index (κ2) is 4.36. The molecule has 0 aromatic heterocycles. The molecule has 0 N–H and O–H groups in total. The normalized spacial score (nSPS) is 41.5. The molecule has 1 aliphatic heterocycles. The lowest BCUT2D eigenvalue weighted by atomic mass is 9.61. The van der Waals surface area contributed by atoms with Crippen molar-refractivity contribution in [3.63, 3.8) is 0 Å². The Morgan fingerprint density at radius 3 is 2.72 bits per heavy atom. The van der Waals surface area contributed by atoms with E-state index in [0.29, 0.717) is 13.2 Å². The number of nitriles is 1. The van der Waals surface area contributed by atoms with Gasteiger partial charge in [0.1, 0.15) is 0 Å². The van der Waals surface area contributed by atoms with Crippen LogP contribution in [0, 0.1) is 28.6 Å². The molecule has 2 aliphatic carbocycles. The van der Waals surface area contributed by atoms with Crippen molar-refractivity contribution in [3.05, 3.63) is 12.7 Å². The molecule has 0 bridgehead atoms. The number of fused-ring (bicyclic) bond motifs is 2. The van der Waals surface area contributed by atoms with E-state index in [0.717, 1.165) is 32.1 Å². The third-order valence-corrected chi connectivity index (χ3v) is 5.19. The maximum Gasteiger partial charge on any atom is 0.173 e. The van der Waals surface area contributed by atoms with E-state index >= 15 is 0 Å². The number of hydrogen-bond acceptors (Lipinski definition) is 3. The Hall–Kier alpha value is -0.850. The summed E-state index contributed by atoms with van der Waals surface area (Å²) in [5.74, 6) is -0.132. The van der Waals surface area contributed by atoms with Gasteiger partial charge in [-0.2, -0.15) is 5.26 Å². The first kappa shape index (κ1) is 12.2. The average Bonchev–Trinajstić information content (AvgIpc) is 2.98. The summed E-state index contributed by atoms with van der Waals surface area (Å²) in [6.07, 6.45) is 8.40. The van der Waals surface area contributed by atoms with Crippen LogP contribution in [0.2, 0.25) is 0 Å². The van der Waals surface area contributed by atoms with Gasteiger partial charge in [0.25, 0.3) is 0 Å². The fourth-order valence-electron chi connectivity index (χ4n) is 4.61. The van der Waals surface area contributed by atoms with Crippen molar-refractivity contribution in [2.45, 2.75) is 44.3 Å². The number of nitrogens with zero attached hydrogens (tertiary/aromatic N) is 1. The maximum absolute atomic E-state index is 9.48. The van der Waals surface area contributed by atoms with Gasteiger partial charge in [0, 0.05) is 12.3 Å². The topological polar surface area (TPSA) is 42.2 Å². The third-order valence-electron chi connectivity index (χ3n) is 5.19. The van der Waals surface area contributed by atoms with Gasteiger partial charge in [0.15, 0.2) is 5.79 Å². The van der Waals surface area contributed by atoms with Crippen LogP contribution >= 0.6 is 0 Å². The van der Waals surface area contributed by atoms with Crippen molar-refractivity contribution in [3.8, 4) is 6.07 Å². The molecule has 0 unspecified atom stereocenters. The van der Waals surface area contributed by atoms with Gasteiger partial charge in [-0.15, -0.1) is 6.58 Å². The predicted molar refractivity (Wildman–Crippen MR) is 67.6 cm³/mol. The molecule has 0 aromatic carbocycles. The monoisotopic (exact) mass is 247 g/mol. The van der Waals surface area contributed by atoms with Gasteiger partial charge < -0.3 is 9.47 Å². The van der Waals surface area contributed by atoms with Crippen LogP contribution in [-0.4, -0.2) is 19.0 Å². The molecular weight excluding hydrogens is 226 g/mol. The van der Waals surface area contributed by atoms with Crippen LogP contribution in [0.5, 0.6) is 0 Å². The van der Waals surface area contributed by atoms with Gasteiger partial charge in [-0.25, -0.2) is 0 Å². The van der Waals surface area contributed by atoms with Crippen LogP contribution in [0.15, 0.2) is 12.7 Å². The third kappa shape index (κ3) is 1.56. The summed E-state index contributed by atoms with van der Waals surface area (Å²) in [7, 11) is 0. The molecule has 3 rings (SSSR count). The fourth-order valence-corrected chi connectivity index (χ4v) is 4.61. The van der Waals surface area contributed by atoms with Crippen molar-refractivity contribution < 1.29 is 9.47 Å². The summed E-state index contributed by atoms with van der Waals surface area (Å²) >= 11 is 0. The Bertz CT molecular complexity index is 380. The average molecular weight is 247 g/mol. The number of hydrogen-bond donors (Lipinski definition) is 0. The van der Waals surface area contributed by atoms with Gasteiger partial charge in [0.2, 0.25) is 0 Å². The zero-order valence-corrected chi connectivity index (χ0v) is 10.9. The van der Waals surface area contributed by atoms with Gasteiger partial charge >= 0.3 is 0 Å². The standard InChI is InChI=1S/C15H21NO2/c1-2-5-14-6-3-4-12(11-16)13(14)15(8-7-14)17-9-10-18-15/h2,12-13H,1,3-10H2/t12-,13-,14-/m0/s1. The summed E-state index contributed by atoms with van der Waals surface area (Å²) in [5.41, 5.74) is 0.199. The number of rotatable bonds is 2. The molecule has 98 valence electrons. The van der Waals surface area contributed by atoms with Crippen molar-refractivity contribution >= 4 is 0 Å². The molecular formula is C15H21NO2. The summed E-state index contributed by atoms with van der Waals surface area (Å²) in [6.45, 7) is 5.27. The molecule has 2 saturated carbocycles. The highest BCUT2D eigenvalue weighted by Crippen LogP contribution is 2.62. The fraction of sp³-hybridized carbons (Fsp3) is 0.800. The quantitative estimate of drug-likeness (QED) is 0.704. The van der Waals surface area contributed by atoms with E-state index < -0.39 is 5.79 Å². The van der Waals surface area contributed by atoms with Crippen molar-refractivity contribution in [1.82, 2.24) is 0 Å². The molecule has 3 atom stereocenters. The first-order chi connectivity index (χ1) is 8.76. The highest BCUT2D eigenvalue weighted by Gasteiger charge is 2.63. The van der Waals surface area contributed by atoms with Gasteiger partial charge in [0.05, 0.1) is 25.2 Å². The molecule has 3 fully saturated rings. The van der Waals surface area contributed by atoms with Crippen LogP contribution < -0.4 is 0 Å². The second-order valence-electron chi connectivity index (χ2n) is 5.97. The van der Waals surface area contributed by atoms with E-state index in [2.05, 4.69) is 12.6 Å². The predicted octanol–water partition coefficient (Wildman–Crippen LogP) is 3.03. The minimum atomic E-state index is -0.455. The summed E-state index contributed by atoms with van der Waals surface area (Å²) in [5, 5.41) is 9.48. The van der Waals surface area contributed by atoms with Crippen LogP contribution in [0.25, 0.3) is 0 Å². The molecule has 3 heteroatoms. The van der Waals surface area contributed by atoms with Crippen LogP contribution in [0.3, 0.4) is 0 Å². The minimum Gasteiger partial charge on any atom is -0.347 e. The molecule has 1 heterocycles. The molecule has 0 aromatic rings. The SMILES string of the molecule is C=CC[C@@]12CCC[C@@H](C#N)[C@@H]1C1(CC2)OCCO1. The zero-order valence-electron chi connectivity index (χ0n) is 10.9. The molecule has 1 saturated heterocycles. The molecule has 3 nitrogen and oxygen atoms in total. The minimum absolute atomic E-state index is 0.0827. The molecule has 3 aliphatic rings.